The summed E-state index contributed by atoms with van der Waals surface area (Å²) in [5.41, 5.74) is 1.60. The van der Waals surface area contributed by atoms with Crippen molar-refractivity contribution in [3.05, 3.63) is 53.9 Å². The Morgan fingerprint density at radius 2 is 1.90 bits per heavy atom. The molecule has 0 aliphatic heterocycles. The van der Waals surface area contributed by atoms with E-state index < -0.39 is 9.84 Å². The van der Waals surface area contributed by atoms with Gasteiger partial charge in [0.25, 0.3) is 0 Å². The molecule has 0 unspecified atom stereocenters. The lowest BCUT2D eigenvalue weighted by Crippen LogP contribution is -2.14. The van der Waals surface area contributed by atoms with Gasteiger partial charge in [-0.25, -0.2) is 18.4 Å². The molecule has 0 atom stereocenters. The summed E-state index contributed by atoms with van der Waals surface area (Å²) in [6.07, 6.45) is 10.2. The highest BCUT2D eigenvalue weighted by Gasteiger charge is 2.29. The molecule has 0 radical (unpaired) electrons. The fraction of sp³-hybridized carbons (Fsp3) is 0.227. The summed E-state index contributed by atoms with van der Waals surface area (Å²) in [7, 11) is -1.49. The average Bonchev–Trinajstić information content (AvgIpc) is 3.57. The zero-order chi connectivity index (χ0) is 21.3. The number of amides is 1. The van der Waals surface area contributed by atoms with Crippen molar-refractivity contribution in [1.82, 2.24) is 9.97 Å². The van der Waals surface area contributed by atoms with Gasteiger partial charge in [0.2, 0.25) is 5.91 Å². The van der Waals surface area contributed by atoms with Crippen LogP contribution in [0.15, 0.2) is 47.6 Å². The third kappa shape index (κ3) is 4.33. The second-order valence-electron chi connectivity index (χ2n) is 7.37. The van der Waals surface area contributed by atoms with Crippen LogP contribution in [0.5, 0.6) is 0 Å². The Morgan fingerprint density at radius 3 is 2.60 bits per heavy atom. The van der Waals surface area contributed by atoms with E-state index in [1.807, 2.05) is 24.3 Å². The van der Waals surface area contributed by atoms with Crippen molar-refractivity contribution in [2.24, 2.45) is 5.92 Å². The van der Waals surface area contributed by atoms with E-state index in [0.717, 1.165) is 34.7 Å². The molecule has 1 aliphatic carbocycles. The monoisotopic (exact) mass is 422 g/mol. The maximum atomic E-state index is 12.1. The van der Waals surface area contributed by atoms with E-state index in [4.69, 9.17) is 0 Å². The molecule has 1 aliphatic rings. The van der Waals surface area contributed by atoms with E-state index >= 15 is 0 Å². The first-order valence-corrected chi connectivity index (χ1v) is 11.5. The minimum absolute atomic E-state index is 0.000530. The van der Waals surface area contributed by atoms with Gasteiger partial charge < -0.3 is 10.6 Å². The van der Waals surface area contributed by atoms with Gasteiger partial charge in [-0.3, -0.25) is 4.79 Å². The van der Waals surface area contributed by atoms with Crippen molar-refractivity contribution < 1.29 is 13.2 Å². The Kier molecular flexibility index (Phi) is 5.26. The zero-order valence-electron chi connectivity index (χ0n) is 16.7. The number of hydrogen-bond donors (Lipinski definition) is 2. The van der Waals surface area contributed by atoms with Crippen LogP contribution in [-0.4, -0.2) is 37.6 Å². The lowest BCUT2D eigenvalue weighted by molar-refractivity contribution is -0.117. The second kappa shape index (κ2) is 7.87. The van der Waals surface area contributed by atoms with E-state index in [1.165, 1.54) is 6.26 Å². The standard InChI is InChI=1S/C22H22N4O3S/c1-23-21-19-13-24-20(26-22(27)15-8-9-15)11-18(19)16(12-25-21)7-6-14-4-3-5-17(10-14)30(2,28)29/h3-7,10-13,15H,8-9H2,1-2H3,(H,23,25)(H,24,26,27). The fourth-order valence-electron chi connectivity index (χ4n) is 3.17. The number of carbonyl (C=O) groups is 1. The summed E-state index contributed by atoms with van der Waals surface area (Å²) in [6.45, 7) is 0. The highest BCUT2D eigenvalue weighted by atomic mass is 32.2. The van der Waals surface area contributed by atoms with Crippen molar-refractivity contribution in [3.63, 3.8) is 0 Å². The smallest absolute Gasteiger partial charge is 0.228 e. The summed E-state index contributed by atoms with van der Waals surface area (Å²) < 4.78 is 23.6. The molecule has 3 aromatic rings. The van der Waals surface area contributed by atoms with Gasteiger partial charge in [0.15, 0.2) is 9.84 Å². The molecule has 4 rings (SSSR count). The Hall–Kier alpha value is -3.26. The van der Waals surface area contributed by atoms with E-state index in [9.17, 15) is 13.2 Å². The number of anilines is 2. The van der Waals surface area contributed by atoms with Crippen molar-refractivity contribution >= 4 is 50.3 Å². The van der Waals surface area contributed by atoms with Gasteiger partial charge in [0, 0.05) is 42.6 Å². The molecule has 1 aromatic carbocycles. The first-order valence-electron chi connectivity index (χ1n) is 9.61. The first-order chi connectivity index (χ1) is 14.3. The molecular weight excluding hydrogens is 400 g/mol. The molecule has 1 amide bonds. The normalized spacial score (nSPS) is 14.2. The number of hydrogen-bond acceptors (Lipinski definition) is 6. The molecule has 2 heterocycles. The molecule has 0 saturated heterocycles. The summed E-state index contributed by atoms with van der Waals surface area (Å²) in [6, 6.07) is 8.60. The Labute approximate surface area is 175 Å². The van der Waals surface area contributed by atoms with Gasteiger partial charge in [-0.1, -0.05) is 24.3 Å². The number of carbonyl (C=O) groups excluding carboxylic acids is 1. The van der Waals surface area contributed by atoms with Crippen LogP contribution >= 0.6 is 0 Å². The molecule has 30 heavy (non-hydrogen) atoms. The van der Waals surface area contributed by atoms with Crippen molar-refractivity contribution in [2.75, 3.05) is 23.9 Å². The molecule has 1 saturated carbocycles. The van der Waals surface area contributed by atoms with E-state index in [1.54, 1.807) is 37.6 Å². The summed E-state index contributed by atoms with van der Waals surface area (Å²) in [4.78, 5) is 21.2. The van der Waals surface area contributed by atoms with Crippen LogP contribution in [0.1, 0.15) is 24.0 Å². The Morgan fingerprint density at radius 1 is 1.10 bits per heavy atom. The zero-order valence-corrected chi connectivity index (χ0v) is 17.5. The molecule has 7 nitrogen and oxygen atoms in total. The maximum absolute atomic E-state index is 12.1. The van der Waals surface area contributed by atoms with Gasteiger partial charge in [-0.2, -0.15) is 0 Å². The highest BCUT2D eigenvalue weighted by Crippen LogP contribution is 2.31. The van der Waals surface area contributed by atoms with Gasteiger partial charge in [-0.15, -0.1) is 0 Å². The molecular formula is C22H22N4O3S. The van der Waals surface area contributed by atoms with Gasteiger partial charge >= 0.3 is 0 Å². The van der Waals surface area contributed by atoms with E-state index in [0.29, 0.717) is 11.6 Å². The van der Waals surface area contributed by atoms with Gasteiger partial charge in [-0.05, 0) is 42.0 Å². The Balaban J connectivity index is 1.72. The van der Waals surface area contributed by atoms with Crippen LogP contribution in [0.25, 0.3) is 22.9 Å². The van der Waals surface area contributed by atoms with Crippen molar-refractivity contribution in [2.45, 2.75) is 17.7 Å². The third-order valence-electron chi connectivity index (χ3n) is 4.98. The summed E-state index contributed by atoms with van der Waals surface area (Å²) in [5.74, 6) is 1.28. The molecule has 0 bridgehead atoms. The number of sulfone groups is 1. The topological polar surface area (TPSA) is 101 Å². The van der Waals surface area contributed by atoms with Crippen LogP contribution in [0, 0.1) is 5.92 Å². The van der Waals surface area contributed by atoms with Crippen LogP contribution < -0.4 is 10.6 Å². The van der Waals surface area contributed by atoms with Gasteiger partial charge in [0.05, 0.1) is 4.90 Å². The first kappa shape index (κ1) is 20.0. The van der Waals surface area contributed by atoms with Crippen LogP contribution in [0.4, 0.5) is 11.6 Å². The SMILES string of the molecule is CNc1ncc(C=Cc2cccc(S(C)(=O)=O)c2)c2cc(NC(=O)C3CC3)ncc12. The minimum atomic E-state index is -3.27. The molecule has 154 valence electrons. The number of aromatic nitrogens is 2. The van der Waals surface area contributed by atoms with E-state index in [-0.39, 0.29) is 16.7 Å². The molecule has 2 N–H and O–H groups in total. The number of fused-ring (bicyclic) bond motifs is 1. The van der Waals surface area contributed by atoms with Crippen LogP contribution in [0.3, 0.4) is 0 Å². The number of benzene rings is 1. The largest absolute Gasteiger partial charge is 0.373 e. The lowest BCUT2D eigenvalue weighted by atomic mass is 10.1. The lowest BCUT2D eigenvalue weighted by Gasteiger charge is -2.10. The predicted molar refractivity (Wildman–Crippen MR) is 119 cm³/mol. The second-order valence-corrected chi connectivity index (χ2v) is 9.38. The molecule has 0 spiro atoms. The average molecular weight is 423 g/mol. The number of nitrogens with one attached hydrogen (secondary N) is 2. The highest BCUT2D eigenvalue weighted by molar-refractivity contribution is 7.90. The molecule has 8 heteroatoms. The quantitative estimate of drug-likeness (QED) is 0.630. The number of rotatable bonds is 6. The molecule has 2 aromatic heterocycles. The fourth-order valence-corrected chi connectivity index (χ4v) is 3.84. The van der Waals surface area contributed by atoms with Gasteiger partial charge in [0.1, 0.15) is 11.6 Å². The van der Waals surface area contributed by atoms with Crippen molar-refractivity contribution in [1.29, 1.82) is 0 Å². The molecule has 1 fully saturated rings. The van der Waals surface area contributed by atoms with Crippen LogP contribution in [-0.2, 0) is 14.6 Å². The number of pyridine rings is 2. The maximum Gasteiger partial charge on any atom is 0.228 e. The summed E-state index contributed by atoms with van der Waals surface area (Å²) in [5, 5.41) is 7.64. The van der Waals surface area contributed by atoms with Crippen LogP contribution in [0.2, 0.25) is 0 Å². The summed E-state index contributed by atoms with van der Waals surface area (Å²) >= 11 is 0. The minimum Gasteiger partial charge on any atom is -0.373 e. The third-order valence-corrected chi connectivity index (χ3v) is 6.09. The van der Waals surface area contributed by atoms with Crippen molar-refractivity contribution in [3.8, 4) is 0 Å². The Bertz CT molecular complexity index is 1260. The number of nitrogens with zero attached hydrogens (tertiary/aromatic N) is 2. The predicted octanol–water partition coefficient (Wildman–Crippen LogP) is 3.59. The van der Waals surface area contributed by atoms with E-state index in [2.05, 4.69) is 20.6 Å².